The standard InChI is InChI=1S/C25H38N4O4S/c1-19(2)25(31)26-16-20-7-6-11-27(17-20)18-24(30)29-14-10-21-15-22(8-9-23(21)29)34(32,33)28-12-4-3-5-13-28/h8-9,15,19-20H,3-7,10-14,16-18H2,1-2H3,(H,26,31). The zero-order valence-electron chi connectivity index (χ0n) is 20.5. The van der Waals surface area contributed by atoms with E-state index in [0.29, 0.717) is 50.0 Å². The Kier molecular flexibility index (Phi) is 7.94. The van der Waals surface area contributed by atoms with Crippen LogP contribution in [0.25, 0.3) is 0 Å². The predicted molar refractivity (Wildman–Crippen MR) is 132 cm³/mol. The lowest BCUT2D eigenvalue weighted by atomic mass is 9.97. The van der Waals surface area contributed by atoms with Crippen LogP contribution in [-0.4, -0.2) is 75.3 Å². The van der Waals surface area contributed by atoms with E-state index >= 15 is 0 Å². The van der Waals surface area contributed by atoms with Crippen molar-refractivity contribution in [3.8, 4) is 0 Å². The zero-order chi connectivity index (χ0) is 24.3. The van der Waals surface area contributed by atoms with Gasteiger partial charge in [-0.15, -0.1) is 0 Å². The second-order valence-corrected chi connectivity index (χ2v) is 12.1. The molecule has 9 heteroatoms. The molecule has 2 amide bonds. The number of fused-ring (bicyclic) bond motifs is 1. The van der Waals surface area contributed by atoms with E-state index in [9.17, 15) is 18.0 Å². The number of carbonyl (C=O) groups excluding carboxylic acids is 2. The van der Waals surface area contributed by atoms with Crippen molar-refractivity contribution in [2.24, 2.45) is 11.8 Å². The summed E-state index contributed by atoms with van der Waals surface area (Å²) in [7, 11) is -3.48. The minimum atomic E-state index is -3.48. The third kappa shape index (κ3) is 5.63. The molecule has 1 N–H and O–H groups in total. The molecule has 0 bridgehead atoms. The summed E-state index contributed by atoms with van der Waals surface area (Å²) in [5.41, 5.74) is 1.76. The molecule has 3 heterocycles. The average Bonchev–Trinajstić information content (AvgIpc) is 3.27. The molecule has 0 radical (unpaired) electrons. The van der Waals surface area contributed by atoms with Crippen molar-refractivity contribution in [3.63, 3.8) is 0 Å². The predicted octanol–water partition coefficient (Wildman–Crippen LogP) is 2.23. The summed E-state index contributed by atoms with van der Waals surface area (Å²) in [6.07, 6.45) is 5.65. The van der Waals surface area contributed by atoms with E-state index in [-0.39, 0.29) is 17.7 Å². The Balaban J connectivity index is 1.36. The van der Waals surface area contributed by atoms with Gasteiger partial charge in [-0.2, -0.15) is 4.31 Å². The number of piperidine rings is 2. The van der Waals surface area contributed by atoms with E-state index in [2.05, 4.69) is 10.2 Å². The number of hydrogen-bond acceptors (Lipinski definition) is 5. The number of anilines is 1. The van der Waals surface area contributed by atoms with Crippen molar-refractivity contribution in [2.75, 3.05) is 50.7 Å². The SMILES string of the molecule is CC(C)C(=O)NCC1CCCN(CC(=O)N2CCc3cc(S(=O)(=O)N4CCCCC4)ccc32)C1. The number of nitrogens with zero attached hydrogens (tertiary/aromatic N) is 3. The number of nitrogens with one attached hydrogen (secondary N) is 1. The van der Waals surface area contributed by atoms with Crippen molar-refractivity contribution in [1.82, 2.24) is 14.5 Å². The van der Waals surface area contributed by atoms with E-state index in [1.165, 1.54) is 0 Å². The van der Waals surface area contributed by atoms with Gasteiger partial charge in [-0.25, -0.2) is 8.42 Å². The maximum absolute atomic E-state index is 13.2. The van der Waals surface area contributed by atoms with Gasteiger partial charge >= 0.3 is 0 Å². The van der Waals surface area contributed by atoms with Crippen LogP contribution in [0.4, 0.5) is 5.69 Å². The second-order valence-electron chi connectivity index (χ2n) is 10.2. The summed E-state index contributed by atoms with van der Waals surface area (Å²) < 4.78 is 27.7. The van der Waals surface area contributed by atoms with Crippen molar-refractivity contribution in [3.05, 3.63) is 23.8 Å². The molecule has 2 fully saturated rings. The third-order valence-corrected chi connectivity index (χ3v) is 9.15. The Labute approximate surface area is 203 Å². The van der Waals surface area contributed by atoms with E-state index in [0.717, 1.165) is 56.4 Å². The van der Waals surface area contributed by atoms with Crippen LogP contribution in [0.1, 0.15) is 51.5 Å². The number of benzene rings is 1. The van der Waals surface area contributed by atoms with E-state index in [4.69, 9.17) is 0 Å². The van der Waals surface area contributed by atoms with Crippen molar-refractivity contribution in [1.29, 1.82) is 0 Å². The first-order chi connectivity index (χ1) is 16.3. The van der Waals surface area contributed by atoms with E-state index < -0.39 is 10.0 Å². The maximum Gasteiger partial charge on any atom is 0.243 e. The van der Waals surface area contributed by atoms with Gasteiger partial charge < -0.3 is 10.2 Å². The summed E-state index contributed by atoms with van der Waals surface area (Å²) in [6, 6.07) is 5.22. The van der Waals surface area contributed by atoms with Crippen LogP contribution in [0.2, 0.25) is 0 Å². The minimum Gasteiger partial charge on any atom is -0.356 e. The number of rotatable bonds is 7. The Morgan fingerprint density at radius 1 is 1.06 bits per heavy atom. The highest BCUT2D eigenvalue weighted by atomic mass is 32.2. The average molecular weight is 491 g/mol. The zero-order valence-corrected chi connectivity index (χ0v) is 21.3. The molecule has 0 spiro atoms. The largest absolute Gasteiger partial charge is 0.356 e. The summed E-state index contributed by atoms with van der Waals surface area (Å²) in [5, 5.41) is 3.02. The number of likely N-dealkylation sites (tertiary alicyclic amines) is 1. The topological polar surface area (TPSA) is 90.0 Å². The molecule has 8 nitrogen and oxygen atoms in total. The van der Waals surface area contributed by atoms with Crippen LogP contribution < -0.4 is 10.2 Å². The van der Waals surface area contributed by atoms with Crippen molar-refractivity contribution in [2.45, 2.75) is 57.3 Å². The Morgan fingerprint density at radius 2 is 1.82 bits per heavy atom. The Bertz CT molecular complexity index is 1000. The Hall–Kier alpha value is -1.97. The Morgan fingerprint density at radius 3 is 2.56 bits per heavy atom. The van der Waals surface area contributed by atoms with Gasteiger partial charge in [0.2, 0.25) is 21.8 Å². The first-order valence-electron chi connectivity index (χ1n) is 12.7. The lowest BCUT2D eigenvalue weighted by molar-refractivity contribution is -0.124. The van der Waals surface area contributed by atoms with Gasteiger partial charge in [0.15, 0.2) is 0 Å². The molecule has 4 rings (SSSR count). The smallest absolute Gasteiger partial charge is 0.243 e. The molecule has 1 atom stereocenters. The fourth-order valence-electron chi connectivity index (χ4n) is 5.24. The molecule has 0 aliphatic carbocycles. The molecule has 34 heavy (non-hydrogen) atoms. The van der Waals surface area contributed by atoms with Gasteiger partial charge in [0.25, 0.3) is 0 Å². The fourth-order valence-corrected chi connectivity index (χ4v) is 6.81. The number of hydrogen-bond donors (Lipinski definition) is 1. The first-order valence-corrected chi connectivity index (χ1v) is 14.1. The molecule has 1 aromatic rings. The van der Waals surface area contributed by atoms with Gasteiger partial charge in [0.05, 0.1) is 11.4 Å². The molecule has 1 aromatic carbocycles. The third-order valence-electron chi connectivity index (χ3n) is 7.25. The summed E-state index contributed by atoms with van der Waals surface area (Å²) in [4.78, 5) is 29.4. The summed E-state index contributed by atoms with van der Waals surface area (Å²) in [5.74, 6) is 0.463. The molecular weight excluding hydrogens is 452 g/mol. The van der Waals surface area contributed by atoms with Crippen LogP contribution in [0.5, 0.6) is 0 Å². The molecule has 3 aliphatic heterocycles. The summed E-state index contributed by atoms with van der Waals surface area (Å²) in [6.45, 7) is 8.23. The van der Waals surface area contributed by atoms with Crippen molar-refractivity contribution < 1.29 is 18.0 Å². The number of amides is 2. The van der Waals surface area contributed by atoms with Crippen LogP contribution in [0.15, 0.2) is 23.1 Å². The highest BCUT2D eigenvalue weighted by molar-refractivity contribution is 7.89. The van der Waals surface area contributed by atoms with E-state index in [1.807, 2.05) is 13.8 Å². The number of sulfonamides is 1. The molecule has 1 unspecified atom stereocenters. The summed E-state index contributed by atoms with van der Waals surface area (Å²) >= 11 is 0. The minimum absolute atomic E-state index is 0.0214. The highest BCUT2D eigenvalue weighted by Crippen LogP contribution is 2.32. The van der Waals surface area contributed by atoms with Gasteiger partial charge in [0, 0.05) is 44.3 Å². The van der Waals surface area contributed by atoms with E-state index in [1.54, 1.807) is 27.4 Å². The number of carbonyl (C=O) groups is 2. The van der Waals surface area contributed by atoms with Crippen LogP contribution in [0, 0.1) is 11.8 Å². The molecule has 2 saturated heterocycles. The molecule has 188 valence electrons. The van der Waals surface area contributed by atoms with Crippen LogP contribution >= 0.6 is 0 Å². The molecule has 3 aliphatic rings. The first kappa shape index (κ1) is 25.1. The molecule has 0 aromatic heterocycles. The van der Waals surface area contributed by atoms with Crippen LogP contribution in [-0.2, 0) is 26.0 Å². The maximum atomic E-state index is 13.2. The van der Waals surface area contributed by atoms with Gasteiger partial charge in [-0.1, -0.05) is 20.3 Å². The lowest BCUT2D eigenvalue weighted by Crippen LogP contribution is -2.46. The fraction of sp³-hybridized carbons (Fsp3) is 0.680. The van der Waals surface area contributed by atoms with Gasteiger partial charge in [-0.3, -0.25) is 14.5 Å². The van der Waals surface area contributed by atoms with Gasteiger partial charge in [-0.05, 0) is 68.3 Å². The van der Waals surface area contributed by atoms with Crippen molar-refractivity contribution >= 4 is 27.5 Å². The molecule has 0 saturated carbocycles. The lowest BCUT2D eigenvalue weighted by Gasteiger charge is -2.33. The molecular formula is C25H38N4O4S. The van der Waals surface area contributed by atoms with Gasteiger partial charge in [0.1, 0.15) is 0 Å². The highest BCUT2D eigenvalue weighted by Gasteiger charge is 2.31. The normalized spacial score (nSPS) is 22.1. The quantitative estimate of drug-likeness (QED) is 0.633. The monoisotopic (exact) mass is 490 g/mol. The second kappa shape index (κ2) is 10.7. The van der Waals surface area contributed by atoms with Crippen LogP contribution in [0.3, 0.4) is 0 Å².